The first kappa shape index (κ1) is 31.9. The number of rotatable bonds is 11. The normalized spacial score (nSPS) is 10.3. The summed E-state index contributed by atoms with van der Waals surface area (Å²) >= 11 is 0. The Balaban J connectivity index is -0.000000416. The summed E-state index contributed by atoms with van der Waals surface area (Å²) in [6.07, 6.45) is -4.35. The van der Waals surface area contributed by atoms with Gasteiger partial charge in [0.2, 0.25) is 0 Å². The zero-order valence-corrected chi connectivity index (χ0v) is 15.9. The van der Waals surface area contributed by atoms with Crippen molar-refractivity contribution in [1.29, 1.82) is 0 Å². The molecule has 31 heavy (non-hydrogen) atoms. The average Bonchev–Trinajstić information content (AvgIpc) is 2.52. The number of hydrogen-bond donors (Lipinski definition) is 9. The van der Waals surface area contributed by atoms with E-state index in [-0.39, 0.29) is 6.42 Å². The second-order valence-electron chi connectivity index (χ2n) is 5.70. The van der Waals surface area contributed by atoms with Crippen LogP contribution in [-0.2, 0) is 33.6 Å². The van der Waals surface area contributed by atoms with Gasteiger partial charge in [0.25, 0.3) is 0 Å². The Morgan fingerprint density at radius 1 is 0.484 bits per heavy atom. The minimum Gasteiger partial charge on any atom is -0.481 e. The van der Waals surface area contributed by atoms with Crippen LogP contribution in [-0.4, -0.2) is 98.9 Å². The van der Waals surface area contributed by atoms with E-state index < -0.39 is 78.7 Å². The molecule has 16 nitrogen and oxygen atoms in total. The van der Waals surface area contributed by atoms with Crippen molar-refractivity contribution in [2.24, 2.45) is 0 Å². The maximum Gasteiger partial charge on any atom is 0.336 e. The first-order valence-electron chi connectivity index (χ1n) is 7.83. The molecule has 0 saturated carbocycles. The Bertz CT molecular complexity index is 609. The van der Waals surface area contributed by atoms with Gasteiger partial charge in [-0.15, -0.1) is 0 Å². The summed E-state index contributed by atoms with van der Waals surface area (Å²) in [4.78, 5) is 70.3. The highest BCUT2D eigenvalue weighted by Crippen LogP contribution is 2.16. The van der Waals surface area contributed by atoms with Gasteiger partial charge in [0, 0.05) is 6.42 Å². The molecule has 0 aliphatic carbocycles. The predicted octanol–water partition coefficient (Wildman–Crippen LogP) is -2.02. The van der Waals surface area contributed by atoms with E-state index >= 15 is 0 Å². The van der Waals surface area contributed by atoms with Gasteiger partial charge in [0.05, 0.1) is 25.7 Å². The number of aliphatic hydroxyl groups is 2. The SMILES string of the molecule is CCC(=O)O.O=C(O)CC(O)(CC(=O)O)C(=O)O.O=C(O)CC(O)(CC(=O)O)C(=O)O. The fourth-order valence-electron chi connectivity index (χ4n) is 1.43. The van der Waals surface area contributed by atoms with Crippen LogP contribution in [0.5, 0.6) is 0 Å². The van der Waals surface area contributed by atoms with E-state index in [1.807, 2.05) is 0 Å². The van der Waals surface area contributed by atoms with Crippen LogP contribution >= 0.6 is 0 Å². The fourth-order valence-corrected chi connectivity index (χ4v) is 1.43. The topological polar surface area (TPSA) is 302 Å². The molecule has 0 unspecified atom stereocenters. The van der Waals surface area contributed by atoms with Crippen molar-refractivity contribution in [3.8, 4) is 0 Å². The standard InChI is InChI=1S/2C6H8O7.C3H6O2/c2*7-3(8)1-6(13,5(11)12)2-4(9)10;1-2-3(4)5/h2*13H,1-2H2,(H,7,8)(H,9,10)(H,11,12);2H2,1H3,(H,4,5). The third-order valence-corrected chi connectivity index (χ3v) is 2.87. The number of carboxylic acid groups (broad SMARTS) is 7. The van der Waals surface area contributed by atoms with Gasteiger partial charge in [-0.05, 0) is 0 Å². The summed E-state index contributed by atoms with van der Waals surface area (Å²) in [5, 5.41) is 75.3. The molecule has 0 saturated heterocycles. The highest BCUT2D eigenvalue weighted by atomic mass is 16.4. The number of carboxylic acids is 7. The van der Waals surface area contributed by atoms with Crippen LogP contribution in [0.4, 0.5) is 0 Å². The van der Waals surface area contributed by atoms with Gasteiger partial charge in [-0.2, -0.15) is 0 Å². The third-order valence-electron chi connectivity index (χ3n) is 2.87. The van der Waals surface area contributed by atoms with E-state index in [2.05, 4.69) is 0 Å². The van der Waals surface area contributed by atoms with Crippen LogP contribution in [0.15, 0.2) is 0 Å². The zero-order chi connectivity index (χ0) is 25.6. The van der Waals surface area contributed by atoms with E-state index in [0.29, 0.717) is 0 Å². The van der Waals surface area contributed by atoms with E-state index in [1.54, 1.807) is 6.92 Å². The summed E-state index contributed by atoms with van der Waals surface area (Å²) in [5.41, 5.74) is -5.48. The lowest BCUT2D eigenvalue weighted by molar-refractivity contribution is -0.170. The predicted molar refractivity (Wildman–Crippen MR) is 92.1 cm³/mol. The Kier molecular flexibility index (Phi) is 14.6. The van der Waals surface area contributed by atoms with Gasteiger partial charge >= 0.3 is 41.8 Å². The van der Waals surface area contributed by atoms with Crippen molar-refractivity contribution >= 4 is 41.8 Å². The molecule has 0 fully saturated rings. The molecule has 0 aromatic rings. The summed E-state index contributed by atoms with van der Waals surface area (Å²) < 4.78 is 0. The van der Waals surface area contributed by atoms with Crippen molar-refractivity contribution < 1.29 is 79.5 Å². The fraction of sp³-hybridized carbons (Fsp3) is 0.533. The highest BCUT2D eigenvalue weighted by Gasteiger charge is 2.41. The van der Waals surface area contributed by atoms with Crippen molar-refractivity contribution in [2.75, 3.05) is 0 Å². The lowest BCUT2D eigenvalue weighted by Crippen LogP contribution is -2.42. The summed E-state index contributed by atoms with van der Waals surface area (Å²) in [6, 6.07) is 0. The summed E-state index contributed by atoms with van der Waals surface area (Å²) in [6.45, 7) is 1.60. The van der Waals surface area contributed by atoms with Gasteiger partial charge in [0.15, 0.2) is 11.2 Å². The number of carbonyl (C=O) groups is 7. The van der Waals surface area contributed by atoms with Gasteiger partial charge < -0.3 is 46.0 Å². The van der Waals surface area contributed by atoms with Crippen LogP contribution < -0.4 is 0 Å². The third kappa shape index (κ3) is 16.8. The van der Waals surface area contributed by atoms with E-state index in [0.717, 1.165) is 0 Å². The largest absolute Gasteiger partial charge is 0.481 e. The molecule has 0 atom stereocenters. The second-order valence-corrected chi connectivity index (χ2v) is 5.70. The molecular weight excluding hydrogens is 436 g/mol. The smallest absolute Gasteiger partial charge is 0.336 e. The maximum absolute atomic E-state index is 10.3. The van der Waals surface area contributed by atoms with Gasteiger partial charge in [-0.3, -0.25) is 24.0 Å². The first-order chi connectivity index (χ1) is 13.8. The molecule has 0 heterocycles. The molecule has 0 spiro atoms. The first-order valence-corrected chi connectivity index (χ1v) is 7.83. The number of hydrogen-bond acceptors (Lipinski definition) is 9. The molecule has 0 aliphatic heterocycles. The Labute approximate surface area is 172 Å². The molecule has 0 rings (SSSR count). The molecule has 0 bridgehead atoms. The molecular formula is C15H22O16. The molecule has 9 N–H and O–H groups in total. The average molecular weight is 458 g/mol. The minimum atomic E-state index is -2.74. The van der Waals surface area contributed by atoms with Crippen molar-refractivity contribution in [2.45, 2.75) is 50.2 Å². The van der Waals surface area contributed by atoms with Crippen LogP contribution in [0, 0.1) is 0 Å². The second kappa shape index (κ2) is 14.2. The number of aliphatic carboxylic acids is 7. The van der Waals surface area contributed by atoms with Crippen molar-refractivity contribution in [1.82, 2.24) is 0 Å². The van der Waals surface area contributed by atoms with Crippen LogP contribution in [0.1, 0.15) is 39.0 Å². The van der Waals surface area contributed by atoms with Gasteiger partial charge in [-0.25, -0.2) is 9.59 Å². The van der Waals surface area contributed by atoms with Crippen molar-refractivity contribution in [3.63, 3.8) is 0 Å². The molecule has 16 heteroatoms. The highest BCUT2D eigenvalue weighted by molar-refractivity contribution is 5.88. The quantitative estimate of drug-likeness (QED) is 0.161. The monoisotopic (exact) mass is 458 g/mol. The van der Waals surface area contributed by atoms with E-state index in [1.165, 1.54) is 0 Å². The summed E-state index contributed by atoms with van der Waals surface area (Å²) in [5.74, 6) is -10.8. The van der Waals surface area contributed by atoms with Gasteiger partial charge in [0.1, 0.15) is 0 Å². The lowest BCUT2D eigenvalue weighted by Gasteiger charge is -2.18. The minimum absolute atomic E-state index is 0.222. The van der Waals surface area contributed by atoms with Crippen LogP contribution in [0.3, 0.4) is 0 Å². The zero-order valence-electron chi connectivity index (χ0n) is 15.9. The molecule has 0 amide bonds. The lowest BCUT2D eigenvalue weighted by atomic mass is 9.96. The van der Waals surface area contributed by atoms with E-state index in [9.17, 15) is 33.6 Å². The summed E-state index contributed by atoms with van der Waals surface area (Å²) in [7, 11) is 0. The molecule has 0 aromatic heterocycles. The Morgan fingerprint density at radius 3 is 0.710 bits per heavy atom. The Hall–Kier alpha value is -3.79. The van der Waals surface area contributed by atoms with Gasteiger partial charge in [-0.1, -0.05) is 6.92 Å². The van der Waals surface area contributed by atoms with Crippen LogP contribution in [0.2, 0.25) is 0 Å². The molecule has 0 aliphatic rings. The molecule has 0 radical (unpaired) electrons. The molecule has 0 aromatic carbocycles. The van der Waals surface area contributed by atoms with E-state index in [4.69, 9.17) is 46.0 Å². The van der Waals surface area contributed by atoms with Crippen molar-refractivity contribution in [3.05, 3.63) is 0 Å². The van der Waals surface area contributed by atoms with Crippen LogP contribution in [0.25, 0.3) is 0 Å². The maximum atomic E-state index is 10.3. The molecule has 178 valence electrons. The Morgan fingerprint density at radius 2 is 0.645 bits per heavy atom.